The summed E-state index contributed by atoms with van der Waals surface area (Å²) in [5.74, 6) is 0.943. The Morgan fingerprint density at radius 3 is 2.93 bits per heavy atom. The third kappa shape index (κ3) is 3.80. The normalized spacial score (nSPS) is 30.4. The minimum Gasteiger partial charge on any atom is -0.397 e. The molecule has 1 aliphatic heterocycles. The number of allylic oxidation sites excluding steroid dienone is 1. The third-order valence-electron chi connectivity index (χ3n) is 6.62. The van der Waals surface area contributed by atoms with Crippen LogP contribution in [0.1, 0.15) is 57.6 Å². The molecule has 3 fully saturated rings. The van der Waals surface area contributed by atoms with Crippen LogP contribution in [0.15, 0.2) is 17.8 Å². The molecule has 0 amide bonds. The van der Waals surface area contributed by atoms with Gasteiger partial charge in [0.2, 0.25) is 5.95 Å². The molecule has 3 N–H and O–H groups in total. The van der Waals surface area contributed by atoms with Gasteiger partial charge in [0.25, 0.3) is 0 Å². The van der Waals surface area contributed by atoms with E-state index in [9.17, 15) is 9.59 Å². The van der Waals surface area contributed by atoms with Crippen molar-refractivity contribution in [3.8, 4) is 0 Å². The van der Waals surface area contributed by atoms with Crippen LogP contribution in [0.2, 0.25) is 0 Å². The Balaban J connectivity index is 1.68. The Labute approximate surface area is 172 Å². The summed E-state index contributed by atoms with van der Waals surface area (Å²) >= 11 is 0. The Kier molecular flexibility index (Phi) is 5.67. The molecule has 0 bridgehead atoms. The van der Waals surface area contributed by atoms with Crippen molar-refractivity contribution in [2.75, 3.05) is 31.1 Å². The van der Waals surface area contributed by atoms with Crippen molar-refractivity contribution in [1.82, 2.24) is 15.3 Å². The summed E-state index contributed by atoms with van der Waals surface area (Å²) in [6.07, 6.45) is 6.97. The summed E-state index contributed by atoms with van der Waals surface area (Å²) in [4.78, 5) is 37.6. The van der Waals surface area contributed by atoms with Gasteiger partial charge in [0.05, 0.1) is 16.8 Å². The van der Waals surface area contributed by atoms with Crippen LogP contribution in [0.5, 0.6) is 0 Å². The molecular weight excluding hydrogens is 366 g/mol. The number of hydrogen-bond donors (Lipinski definition) is 2. The highest BCUT2D eigenvalue weighted by Gasteiger charge is 2.51. The van der Waals surface area contributed by atoms with Gasteiger partial charge in [-0.3, -0.25) is 9.59 Å². The molecular formula is C22H31N5O2. The van der Waals surface area contributed by atoms with Gasteiger partial charge in [-0.25, -0.2) is 9.97 Å². The predicted octanol–water partition coefficient (Wildman–Crippen LogP) is 2.07. The molecule has 2 saturated carbocycles. The molecule has 29 heavy (non-hydrogen) atoms. The van der Waals surface area contributed by atoms with E-state index in [2.05, 4.69) is 22.1 Å². The van der Waals surface area contributed by atoms with Gasteiger partial charge >= 0.3 is 0 Å². The largest absolute Gasteiger partial charge is 0.397 e. The third-order valence-corrected chi connectivity index (χ3v) is 6.62. The maximum absolute atomic E-state index is 13.5. The van der Waals surface area contributed by atoms with Crippen molar-refractivity contribution in [2.24, 2.45) is 17.1 Å². The number of Topliss-reactive ketones (excluding diaryl/α,β-unsaturated/α-hetero) is 2. The standard InChI is InChI=1S/C22H31N5O2/c1-15-13-16(20(29)22(14-15)7-3-2-5-18(22)28)19(23)17-6-9-25-21(26-17)27-11-4-8-24-10-12-27/h6,9,15,24H,2-5,7-8,10-14,23H2,1H3/b19-16-. The Bertz CT molecular complexity index is 828. The average molecular weight is 398 g/mol. The summed E-state index contributed by atoms with van der Waals surface area (Å²) in [6.45, 7) is 5.72. The molecule has 2 unspecified atom stereocenters. The van der Waals surface area contributed by atoms with Crippen LogP contribution in [0.4, 0.5) is 5.95 Å². The zero-order chi connectivity index (χ0) is 20.4. The first kappa shape index (κ1) is 20.0. The molecule has 0 radical (unpaired) electrons. The van der Waals surface area contributed by atoms with Crippen molar-refractivity contribution in [3.05, 3.63) is 23.5 Å². The lowest BCUT2D eigenvalue weighted by Crippen LogP contribution is -2.47. The van der Waals surface area contributed by atoms with Crippen molar-refractivity contribution < 1.29 is 9.59 Å². The fraction of sp³-hybridized carbons (Fsp3) is 0.636. The van der Waals surface area contributed by atoms with Crippen LogP contribution >= 0.6 is 0 Å². The topological polar surface area (TPSA) is 101 Å². The summed E-state index contributed by atoms with van der Waals surface area (Å²) in [6, 6.07) is 1.77. The summed E-state index contributed by atoms with van der Waals surface area (Å²) < 4.78 is 0. The van der Waals surface area contributed by atoms with Crippen LogP contribution in [0, 0.1) is 11.3 Å². The highest BCUT2D eigenvalue weighted by Crippen LogP contribution is 2.47. The second kappa shape index (κ2) is 8.22. The zero-order valence-electron chi connectivity index (χ0n) is 17.2. The minimum absolute atomic E-state index is 0.0584. The molecule has 156 valence electrons. The summed E-state index contributed by atoms with van der Waals surface area (Å²) in [7, 11) is 0. The van der Waals surface area contributed by atoms with Crippen LogP contribution < -0.4 is 16.0 Å². The molecule has 0 aromatic carbocycles. The van der Waals surface area contributed by atoms with Gasteiger partial charge in [-0.05, 0) is 50.6 Å². The molecule has 7 heteroatoms. The Morgan fingerprint density at radius 2 is 2.10 bits per heavy atom. The number of nitrogens with two attached hydrogens (primary N) is 1. The van der Waals surface area contributed by atoms with E-state index < -0.39 is 5.41 Å². The van der Waals surface area contributed by atoms with E-state index in [0.29, 0.717) is 48.6 Å². The van der Waals surface area contributed by atoms with Crippen LogP contribution in [-0.4, -0.2) is 47.7 Å². The first-order valence-corrected chi connectivity index (χ1v) is 10.9. The van der Waals surface area contributed by atoms with Gasteiger partial charge in [0.15, 0.2) is 5.78 Å². The zero-order valence-corrected chi connectivity index (χ0v) is 17.2. The fourth-order valence-corrected chi connectivity index (χ4v) is 5.12. The van der Waals surface area contributed by atoms with E-state index in [-0.39, 0.29) is 17.5 Å². The molecule has 4 rings (SSSR count). The maximum Gasteiger partial charge on any atom is 0.225 e. The van der Waals surface area contributed by atoms with Gasteiger partial charge in [-0.2, -0.15) is 0 Å². The predicted molar refractivity (Wildman–Crippen MR) is 112 cm³/mol. The molecule has 2 atom stereocenters. The molecule has 1 spiro atoms. The molecule has 1 aromatic rings. The highest BCUT2D eigenvalue weighted by atomic mass is 16.2. The van der Waals surface area contributed by atoms with Gasteiger partial charge in [0, 0.05) is 37.8 Å². The van der Waals surface area contributed by atoms with Gasteiger partial charge in [-0.15, -0.1) is 0 Å². The minimum atomic E-state index is -0.859. The second-order valence-corrected chi connectivity index (χ2v) is 8.78. The van der Waals surface area contributed by atoms with E-state index in [1.807, 2.05) is 0 Å². The van der Waals surface area contributed by atoms with Crippen LogP contribution in [-0.2, 0) is 9.59 Å². The number of carbonyl (C=O) groups excluding carboxylic acids is 2. The highest BCUT2D eigenvalue weighted by molar-refractivity contribution is 6.17. The number of rotatable bonds is 2. The monoisotopic (exact) mass is 397 g/mol. The van der Waals surface area contributed by atoms with E-state index in [0.717, 1.165) is 45.4 Å². The number of hydrogen-bond acceptors (Lipinski definition) is 7. The number of carbonyl (C=O) groups is 2. The molecule has 1 saturated heterocycles. The van der Waals surface area contributed by atoms with E-state index in [1.165, 1.54) is 0 Å². The fourth-order valence-electron chi connectivity index (χ4n) is 5.12. The lowest BCUT2D eigenvalue weighted by Gasteiger charge is -2.41. The molecule has 1 aromatic heterocycles. The first-order chi connectivity index (χ1) is 14.0. The lowest BCUT2D eigenvalue weighted by atomic mass is 9.59. The number of nitrogens with one attached hydrogen (secondary N) is 1. The number of nitrogens with zero attached hydrogens (tertiary/aromatic N) is 3. The smallest absolute Gasteiger partial charge is 0.225 e. The van der Waals surface area contributed by atoms with Crippen molar-refractivity contribution in [2.45, 2.75) is 51.9 Å². The van der Waals surface area contributed by atoms with Gasteiger partial charge in [0.1, 0.15) is 5.78 Å². The van der Waals surface area contributed by atoms with Crippen molar-refractivity contribution in [3.63, 3.8) is 0 Å². The quantitative estimate of drug-likeness (QED) is 0.582. The first-order valence-electron chi connectivity index (χ1n) is 10.9. The van der Waals surface area contributed by atoms with E-state index >= 15 is 0 Å². The molecule has 2 heterocycles. The van der Waals surface area contributed by atoms with Crippen LogP contribution in [0.25, 0.3) is 5.70 Å². The molecule has 2 aliphatic carbocycles. The maximum atomic E-state index is 13.5. The second-order valence-electron chi connectivity index (χ2n) is 8.78. The number of aromatic nitrogens is 2. The van der Waals surface area contributed by atoms with Crippen molar-refractivity contribution >= 4 is 23.2 Å². The summed E-state index contributed by atoms with van der Waals surface area (Å²) in [5, 5.41) is 3.38. The Hall–Kier alpha value is -2.28. The number of anilines is 1. The van der Waals surface area contributed by atoms with E-state index in [1.54, 1.807) is 12.3 Å². The van der Waals surface area contributed by atoms with E-state index in [4.69, 9.17) is 10.7 Å². The van der Waals surface area contributed by atoms with Crippen LogP contribution in [0.3, 0.4) is 0 Å². The van der Waals surface area contributed by atoms with Crippen molar-refractivity contribution in [1.29, 1.82) is 0 Å². The summed E-state index contributed by atoms with van der Waals surface area (Å²) in [5.41, 5.74) is 7.24. The number of ketones is 2. The lowest BCUT2D eigenvalue weighted by molar-refractivity contribution is -0.144. The molecule has 7 nitrogen and oxygen atoms in total. The van der Waals surface area contributed by atoms with Gasteiger partial charge < -0.3 is 16.0 Å². The SMILES string of the molecule is CC1C/C(=C(/N)c2ccnc(N3CCCNCC3)n2)C(=O)C2(CCCCC2=O)C1. The van der Waals surface area contributed by atoms with Gasteiger partial charge in [-0.1, -0.05) is 13.3 Å². The molecule has 3 aliphatic rings. The average Bonchev–Trinajstić information content (AvgIpc) is 3.02. The Morgan fingerprint density at radius 1 is 1.24 bits per heavy atom.